The van der Waals surface area contributed by atoms with Gasteiger partial charge in [0.15, 0.2) is 11.7 Å². The van der Waals surface area contributed by atoms with Crippen molar-refractivity contribution in [3.05, 3.63) is 216 Å². The van der Waals surface area contributed by atoms with E-state index in [0.29, 0.717) is 51.0 Å². The number of furan rings is 1. The second-order valence-electron chi connectivity index (χ2n) is 27.6. The standard InChI is InChI=1S/C26H40N2O.C25H38N2O.C21H20N6O.C19H17N3O3S/c1-4-7-10-14-21-29-25-18-17-24(22-15-11-12-16-23(22)25)26(27)28(19-9-6-3)20-13-8-5-2;1-4-7-10-13-20-28-24-17-16-23(21-14-11-12-15-22(21)24)25(26)27(18-8-5-2)19-9-6-3;1-11-7-17(22)15-9-13(3-5-19(15)24-11)26-21(28)27-14-4-6-20-16(10-14)18(23)8-12(2)25-20;1-14-6-2-3-7-16(14)24-13-17(23)22-21-12-15-9-10-19(25-15)26-18-8-4-5-11-20-18/h11-12,15-18,27H,4-10,13-14,19-21H2,1-3H3;11-12,14-17,26H,4-10,13,18-20H2,1-3H3;3-10H,1-2H3,(H2,22,24)(H2,23,25)(H2,26,27,28);2-12H,13H2,1H3,(H,22,23)/b;;;21-12+. The van der Waals surface area contributed by atoms with E-state index in [1.807, 2.05) is 93.6 Å². The average Bonchev–Trinajstić information content (AvgIpc) is 0.823. The van der Waals surface area contributed by atoms with Crippen LogP contribution in [0.1, 0.15) is 185 Å². The molecule has 3 amide bonds. The number of para-hydroxylation sites is 1. The van der Waals surface area contributed by atoms with E-state index in [1.165, 1.54) is 69.3 Å². The van der Waals surface area contributed by atoms with Gasteiger partial charge in [-0.2, -0.15) is 5.10 Å². The van der Waals surface area contributed by atoms with Crippen molar-refractivity contribution in [2.45, 2.75) is 182 Å². The van der Waals surface area contributed by atoms with Gasteiger partial charge in [0.1, 0.15) is 39.7 Å². The van der Waals surface area contributed by atoms with E-state index < -0.39 is 0 Å². The van der Waals surface area contributed by atoms with Crippen LogP contribution in [0, 0.1) is 31.6 Å². The number of nitrogens with one attached hydrogen (secondary N) is 5. The monoisotopic (exact) mass is 1520 g/mol. The number of nitrogens with zero attached hydrogens (tertiary/aromatic N) is 6. The highest BCUT2D eigenvalue weighted by Crippen LogP contribution is 2.34. The van der Waals surface area contributed by atoms with Crippen molar-refractivity contribution in [1.82, 2.24) is 30.2 Å². The molecule has 586 valence electrons. The van der Waals surface area contributed by atoms with E-state index in [-0.39, 0.29) is 18.5 Å². The number of rotatable bonds is 36. The van der Waals surface area contributed by atoms with Crippen molar-refractivity contribution >= 4 is 108 Å². The summed E-state index contributed by atoms with van der Waals surface area (Å²) in [5.41, 5.74) is 23.3. The summed E-state index contributed by atoms with van der Waals surface area (Å²) >= 11 is 1.41. The van der Waals surface area contributed by atoms with Gasteiger partial charge in [0, 0.05) is 99.2 Å². The lowest BCUT2D eigenvalue weighted by Gasteiger charge is -2.26. The van der Waals surface area contributed by atoms with Gasteiger partial charge < -0.3 is 50.5 Å². The zero-order chi connectivity index (χ0) is 79.1. The lowest BCUT2D eigenvalue weighted by Crippen LogP contribution is -2.33. The maximum absolute atomic E-state index is 12.4. The number of benzene rings is 7. The van der Waals surface area contributed by atoms with Gasteiger partial charge in [-0.15, -0.1) is 0 Å². The van der Waals surface area contributed by atoms with Crippen LogP contribution in [0.2, 0.25) is 0 Å². The Kier molecular flexibility index (Phi) is 35.9. The summed E-state index contributed by atoms with van der Waals surface area (Å²) in [5.74, 6) is 4.04. The number of carbonyl (C=O) groups is 2. The molecule has 19 nitrogen and oxygen atoms in total. The molecule has 9 N–H and O–H groups in total. The molecular formula is C91H115N13O6S. The number of unbranched alkanes of at least 4 members (excludes halogenated alkanes) is 11. The molecule has 0 aliphatic heterocycles. The van der Waals surface area contributed by atoms with Crippen molar-refractivity contribution in [2.24, 2.45) is 5.10 Å². The Balaban J connectivity index is 0.000000186. The van der Waals surface area contributed by atoms with Crippen molar-refractivity contribution in [3.63, 3.8) is 0 Å². The van der Waals surface area contributed by atoms with Crippen molar-refractivity contribution < 1.29 is 28.2 Å². The summed E-state index contributed by atoms with van der Waals surface area (Å²) in [6, 6.07) is 55.9. The Labute approximate surface area is 661 Å². The van der Waals surface area contributed by atoms with Crippen LogP contribution in [0.25, 0.3) is 43.4 Å². The lowest BCUT2D eigenvalue weighted by molar-refractivity contribution is -0.123. The molecule has 7 aromatic carbocycles. The predicted octanol–water partition coefficient (Wildman–Crippen LogP) is 22.3. The van der Waals surface area contributed by atoms with Crippen LogP contribution in [-0.4, -0.2) is 101 Å². The number of hydrogen-bond acceptors (Lipinski definition) is 15. The van der Waals surface area contributed by atoms with Crippen LogP contribution in [0.3, 0.4) is 0 Å². The summed E-state index contributed by atoms with van der Waals surface area (Å²) in [6.07, 6.45) is 23.3. The molecule has 4 heterocycles. The second kappa shape index (κ2) is 46.5. The van der Waals surface area contributed by atoms with Gasteiger partial charge in [-0.3, -0.25) is 25.6 Å². The van der Waals surface area contributed by atoms with E-state index in [0.717, 1.165) is 185 Å². The number of hydrazone groups is 1. The number of anilines is 4. The Morgan fingerprint density at radius 1 is 0.486 bits per heavy atom. The fraction of sp³-hybridized carbons (Fsp3) is 0.363. The van der Waals surface area contributed by atoms with Crippen molar-refractivity contribution in [2.75, 3.05) is 68.1 Å². The number of nitrogen functional groups attached to an aromatic ring is 2. The number of aromatic nitrogens is 3. The van der Waals surface area contributed by atoms with E-state index in [9.17, 15) is 9.59 Å². The Morgan fingerprint density at radius 2 is 0.955 bits per heavy atom. The molecule has 0 saturated heterocycles. The average molecular weight is 1520 g/mol. The zero-order valence-electron chi connectivity index (χ0n) is 66.6. The van der Waals surface area contributed by atoms with Gasteiger partial charge in [0.2, 0.25) is 0 Å². The quantitative estimate of drug-likeness (QED) is 0.00833. The molecule has 111 heavy (non-hydrogen) atoms. The number of amides is 3. The predicted molar refractivity (Wildman–Crippen MR) is 462 cm³/mol. The third-order valence-corrected chi connectivity index (χ3v) is 19.4. The number of ether oxygens (including phenoxy) is 3. The highest BCUT2D eigenvalue weighted by molar-refractivity contribution is 7.99. The number of nitrogens with two attached hydrogens (primary N) is 2. The van der Waals surface area contributed by atoms with Crippen molar-refractivity contribution in [1.29, 1.82) is 10.8 Å². The van der Waals surface area contributed by atoms with Crippen LogP contribution in [0.15, 0.2) is 202 Å². The Bertz CT molecular complexity index is 4680. The molecule has 0 radical (unpaired) electrons. The third-order valence-electron chi connectivity index (χ3n) is 18.5. The molecule has 0 bridgehead atoms. The van der Waals surface area contributed by atoms with Gasteiger partial charge in [-0.05, 0) is 191 Å². The minimum atomic E-state index is -0.365. The normalized spacial score (nSPS) is 10.9. The first-order valence-electron chi connectivity index (χ1n) is 39.6. The summed E-state index contributed by atoms with van der Waals surface area (Å²) in [5, 5.41) is 35.0. The number of carbonyl (C=O) groups excluding carboxylic acids is 2. The van der Waals surface area contributed by atoms with Gasteiger partial charge in [-0.25, -0.2) is 15.2 Å². The van der Waals surface area contributed by atoms with Crippen LogP contribution in [0.5, 0.6) is 17.2 Å². The van der Waals surface area contributed by atoms with Gasteiger partial charge in [0.25, 0.3) is 5.91 Å². The number of amidine groups is 2. The summed E-state index contributed by atoms with van der Waals surface area (Å²) in [7, 11) is 0. The summed E-state index contributed by atoms with van der Waals surface area (Å²) < 4.78 is 23.3. The smallest absolute Gasteiger partial charge is 0.323 e. The highest BCUT2D eigenvalue weighted by Gasteiger charge is 2.19. The molecule has 0 aliphatic rings. The maximum atomic E-state index is 12.4. The molecule has 0 aliphatic carbocycles. The number of pyridine rings is 3. The molecule has 0 fully saturated rings. The molecule has 0 atom stereocenters. The lowest BCUT2D eigenvalue weighted by atomic mass is 10.0. The molecule has 11 rings (SSSR count). The number of hydrogen-bond donors (Lipinski definition) is 7. The van der Waals surface area contributed by atoms with Crippen LogP contribution in [0.4, 0.5) is 27.5 Å². The first kappa shape index (κ1) is 85.6. The number of aryl methyl sites for hydroxylation is 3. The summed E-state index contributed by atoms with van der Waals surface area (Å²) in [6.45, 7) is 24.3. The van der Waals surface area contributed by atoms with Gasteiger partial charge >= 0.3 is 6.03 Å². The Hall–Kier alpha value is -11.0. The maximum Gasteiger partial charge on any atom is 0.323 e. The van der Waals surface area contributed by atoms with E-state index in [4.69, 9.17) is 40.9 Å². The Morgan fingerprint density at radius 3 is 1.44 bits per heavy atom. The minimum Gasteiger partial charge on any atom is -0.493 e. The highest BCUT2D eigenvalue weighted by atomic mass is 32.2. The molecule has 4 aromatic heterocycles. The largest absolute Gasteiger partial charge is 0.493 e. The van der Waals surface area contributed by atoms with E-state index in [2.05, 4.69) is 160 Å². The zero-order valence-corrected chi connectivity index (χ0v) is 67.4. The van der Waals surface area contributed by atoms with Crippen LogP contribution >= 0.6 is 11.8 Å². The first-order chi connectivity index (χ1) is 54.0. The third kappa shape index (κ3) is 27.2. The fourth-order valence-electron chi connectivity index (χ4n) is 12.5. The molecule has 11 aromatic rings. The van der Waals surface area contributed by atoms with E-state index in [1.54, 1.807) is 36.5 Å². The number of fused-ring (bicyclic) bond motifs is 4. The second-order valence-corrected chi connectivity index (χ2v) is 28.6. The van der Waals surface area contributed by atoms with Gasteiger partial charge in [-0.1, -0.05) is 185 Å². The van der Waals surface area contributed by atoms with Crippen LogP contribution < -0.4 is 41.7 Å². The fourth-order valence-corrected chi connectivity index (χ4v) is 13.2. The molecule has 0 spiro atoms. The summed E-state index contributed by atoms with van der Waals surface area (Å²) in [4.78, 5) is 41.8. The minimum absolute atomic E-state index is 0.110. The van der Waals surface area contributed by atoms with Crippen molar-refractivity contribution in [3.8, 4) is 17.2 Å². The molecular weight excluding hydrogens is 1400 g/mol. The SMILES string of the molecule is CCCCCCOc1ccc(C(=N)N(CCCC)CCCC)c2ccccc12.CCCCCCOc1ccc(C(=N)N(CCCC)CCCCC)c2ccccc12.Cc1cc(N)c2cc(NC(=O)Nc3ccc4nc(C)cc(N)c4c3)ccc2n1.Cc1ccccc1OCC(=O)N/N=C/c1ccc(Sc2ccccn2)o1. The number of urea groups is 1. The first-order valence-corrected chi connectivity index (χ1v) is 40.4. The van der Waals surface area contributed by atoms with E-state index >= 15 is 0 Å². The van der Waals surface area contributed by atoms with Gasteiger partial charge in [0.05, 0.1) is 30.5 Å². The molecule has 20 heteroatoms. The van der Waals surface area contributed by atoms with Crippen LogP contribution in [-0.2, 0) is 4.79 Å². The molecule has 0 unspecified atom stereocenters. The molecule has 0 saturated carbocycles. The topological polar surface area (TPSA) is 268 Å².